The van der Waals surface area contributed by atoms with Gasteiger partial charge in [-0.1, -0.05) is 6.92 Å². The van der Waals surface area contributed by atoms with Crippen molar-refractivity contribution in [1.29, 1.82) is 0 Å². The molecule has 0 aliphatic rings. The van der Waals surface area contributed by atoms with Crippen molar-refractivity contribution in [2.45, 2.75) is 19.9 Å². The van der Waals surface area contributed by atoms with Crippen LogP contribution in [0.2, 0.25) is 0 Å². The highest BCUT2D eigenvalue weighted by Gasteiger charge is 2.17. The van der Waals surface area contributed by atoms with Gasteiger partial charge in [-0.25, -0.2) is 18.7 Å². The average Bonchev–Trinajstić information content (AvgIpc) is 2.90. The van der Waals surface area contributed by atoms with Gasteiger partial charge in [0.05, 0.1) is 6.20 Å². The van der Waals surface area contributed by atoms with Crippen molar-refractivity contribution in [3.05, 3.63) is 23.7 Å². The Labute approximate surface area is 102 Å². The highest BCUT2D eigenvalue weighted by Crippen LogP contribution is 2.22. The summed E-state index contributed by atoms with van der Waals surface area (Å²) in [6.07, 6.45) is 0.128. The van der Waals surface area contributed by atoms with Crippen molar-refractivity contribution in [2.24, 2.45) is 0 Å². The Bertz CT molecular complexity index is 499. The zero-order valence-electron chi connectivity index (χ0n) is 9.69. The number of hydrogen-bond acceptors (Lipinski definition) is 5. The molecular formula is C10H12F2N6. The molecule has 0 saturated heterocycles. The van der Waals surface area contributed by atoms with Crippen molar-refractivity contribution >= 4 is 0 Å². The standard InChI is InChI=1S/C10H12F2N6/c1-2-13-3-6-4-14-10(7-5-15-18-17-7)16-8(6)9(11)12/h4-5,9,13H,2-3H2,1H3,(H,15,17,18). The highest BCUT2D eigenvalue weighted by atomic mass is 19.3. The third kappa shape index (κ3) is 2.65. The number of rotatable bonds is 5. The first-order chi connectivity index (χ1) is 8.72. The summed E-state index contributed by atoms with van der Waals surface area (Å²) in [4.78, 5) is 7.85. The number of aromatic amines is 1. The van der Waals surface area contributed by atoms with Gasteiger partial charge in [-0.15, -0.1) is 0 Å². The van der Waals surface area contributed by atoms with Gasteiger partial charge in [0.15, 0.2) is 5.82 Å². The van der Waals surface area contributed by atoms with Crippen molar-refractivity contribution in [2.75, 3.05) is 6.54 Å². The van der Waals surface area contributed by atoms with E-state index in [0.29, 0.717) is 24.3 Å². The molecule has 0 fully saturated rings. The first-order valence-corrected chi connectivity index (χ1v) is 5.43. The van der Waals surface area contributed by atoms with Gasteiger partial charge in [-0.3, -0.25) is 0 Å². The smallest absolute Gasteiger partial charge is 0.280 e. The fourth-order valence-electron chi connectivity index (χ4n) is 1.44. The van der Waals surface area contributed by atoms with E-state index in [1.807, 2.05) is 6.92 Å². The van der Waals surface area contributed by atoms with Crippen LogP contribution < -0.4 is 5.32 Å². The largest absolute Gasteiger partial charge is 0.313 e. The zero-order valence-corrected chi connectivity index (χ0v) is 9.69. The molecular weight excluding hydrogens is 242 g/mol. The maximum absolute atomic E-state index is 12.9. The molecule has 6 nitrogen and oxygen atoms in total. The zero-order chi connectivity index (χ0) is 13.0. The topological polar surface area (TPSA) is 79.4 Å². The lowest BCUT2D eigenvalue weighted by atomic mass is 10.2. The number of alkyl halides is 2. The second-order valence-corrected chi connectivity index (χ2v) is 3.54. The van der Waals surface area contributed by atoms with Crippen LogP contribution >= 0.6 is 0 Å². The fourth-order valence-corrected chi connectivity index (χ4v) is 1.44. The Hall–Kier alpha value is -1.96. The highest BCUT2D eigenvalue weighted by molar-refractivity contribution is 5.47. The number of halogens is 2. The van der Waals surface area contributed by atoms with Crippen LogP contribution in [-0.2, 0) is 6.54 Å². The van der Waals surface area contributed by atoms with Gasteiger partial charge in [0.1, 0.15) is 11.4 Å². The Morgan fingerprint density at radius 3 is 2.83 bits per heavy atom. The van der Waals surface area contributed by atoms with E-state index in [0.717, 1.165) is 0 Å². The van der Waals surface area contributed by atoms with E-state index in [9.17, 15) is 8.78 Å². The molecule has 2 N–H and O–H groups in total. The summed E-state index contributed by atoms with van der Waals surface area (Å²) >= 11 is 0. The summed E-state index contributed by atoms with van der Waals surface area (Å²) in [6, 6.07) is 0. The van der Waals surface area contributed by atoms with Gasteiger partial charge in [0.25, 0.3) is 6.43 Å². The SMILES string of the molecule is CCNCc1cnc(-c2cn[nH]n2)nc1C(F)F. The van der Waals surface area contributed by atoms with E-state index in [4.69, 9.17) is 0 Å². The Morgan fingerprint density at radius 2 is 2.22 bits per heavy atom. The van der Waals surface area contributed by atoms with Crippen molar-refractivity contribution in [1.82, 2.24) is 30.7 Å². The van der Waals surface area contributed by atoms with Crippen LogP contribution in [0.3, 0.4) is 0 Å². The number of H-pyrrole nitrogens is 1. The molecule has 0 saturated carbocycles. The Morgan fingerprint density at radius 1 is 1.39 bits per heavy atom. The molecule has 0 aromatic carbocycles. The number of nitrogens with one attached hydrogen (secondary N) is 2. The summed E-state index contributed by atoms with van der Waals surface area (Å²) < 4.78 is 25.8. The van der Waals surface area contributed by atoms with Gasteiger partial charge < -0.3 is 5.32 Å². The molecule has 96 valence electrons. The fraction of sp³-hybridized carbons (Fsp3) is 0.400. The van der Waals surface area contributed by atoms with Gasteiger partial charge in [0.2, 0.25) is 0 Å². The Kier molecular flexibility index (Phi) is 3.88. The van der Waals surface area contributed by atoms with Crippen LogP contribution in [0.15, 0.2) is 12.4 Å². The molecule has 2 heterocycles. The Balaban J connectivity index is 2.34. The lowest BCUT2D eigenvalue weighted by Gasteiger charge is -2.08. The summed E-state index contributed by atoms with van der Waals surface area (Å²) in [5.74, 6) is 0.138. The quantitative estimate of drug-likeness (QED) is 0.841. The van der Waals surface area contributed by atoms with Crippen LogP contribution in [0.1, 0.15) is 24.6 Å². The summed E-state index contributed by atoms with van der Waals surface area (Å²) in [5.41, 5.74) is 0.454. The monoisotopic (exact) mass is 254 g/mol. The predicted octanol–water partition coefficient (Wildman–Crippen LogP) is 1.31. The van der Waals surface area contributed by atoms with Crippen LogP contribution in [0.4, 0.5) is 8.78 Å². The lowest BCUT2D eigenvalue weighted by molar-refractivity contribution is 0.144. The van der Waals surface area contributed by atoms with Crippen LogP contribution in [-0.4, -0.2) is 31.9 Å². The molecule has 2 rings (SSSR count). The van der Waals surface area contributed by atoms with Gasteiger partial charge in [-0.2, -0.15) is 15.4 Å². The third-order valence-electron chi connectivity index (χ3n) is 2.31. The van der Waals surface area contributed by atoms with Crippen molar-refractivity contribution < 1.29 is 8.78 Å². The van der Waals surface area contributed by atoms with E-state index in [1.54, 1.807) is 0 Å². The first kappa shape index (κ1) is 12.5. The van der Waals surface area contributed by atoms with E-state index in [1.165, 1.54) is 12.4 Å². The first-order valence-electron chi connectivity index (χ1n) is 5.43. The maximum atomic E-state index is 12.9. The molecule has 0 bridgehead atoms. The lowest BCUT2D eigenvalue weighted by Crippen LogP contribution is -2.15. The normalized spacial score (nSPS) is 11.1. The summed E-state index contributed by atoms with van der Waals surface area (Å²) in [5, 5.41) is 12.7. The molecule has 2 aromatic heterocycles. The van der Waals surface area contributed by atoms with E-state index >= 15 is 0 Å². The van der Waals surface area contributed by atoms with Crippen LogP contribution in [0.5, 0.6) is 0 Å². The maximum Gasteiger partial charge on any atom is 0.280 e. The molecule has 0 spiro atoms. The van der Waals surface area contributed by atoms with Crippen LogP contribution in [0.25, 0.3) is 11.5 Å². The minimum atomic E-state index is -2.65. The van der Waals surface area contributed by atoms with Gasteiger partial charge in [-0.05, 0) is 6.54 Å². The number of aromatic nitrogens is 5. The molecule has 0 aliphatic heterocycles. The second kappa shape index (κ2) is 5.58. The van der Waals surface area contributed by atoms with E-state index < -0.39 is 6.43 Å². The molecule has 0 aliphatic carbocycles. The molecule has 0 amide bonds. The second-order valence-electron chi connectivity index (χ2n) is 3.54. The van der Waals surface area contributed by atoms with Crippen molar-refractivity contribution in [3.63, 3.8) is 0 Å². The molecule has 18 heavy (non-hydrogen) atoms. The molecule has 0 unspecified atom stereocenters. The van der Waals surface area contributed by atoms with E-state index in [-0.39, 0.29) is 11.5 Å². The van der Waals surface area contributed by atoms with Gasteiger partial charge in [0, 0.05) is 18.3 Å². The summed E-state index contributed by atoms with van der Waals surface area (Å²) in [7, 11) is 0. The van der Waals surface area contributed by atoms with Crippen LogP contribution in [0, 0.1) is 0 Å². The molecule has 8 heteroatoms. The predicted molar refractivity (Wildman–Crippen MR) is 59.7 cm³/mol. The minimum absolute atomic E-state index is 0.138. The third-order valence-corrected chi connectivity index (χ3v) is 2.31. The number of nitrogens with zero attached hydrogens (tertiary/aromatic N) is 4. The molecule has 0 atom stereocenters. The number of hydrogen-bond donors (Lipinski definition) is 2. The van der Waals surface area contributed by atoms with Gasteiger partial charge >= 0.3 is 0 Å². The minimum Gasteiger partial charge on any atom is -0.313 e. The summed E-state index contributed by atoms with van der Waals surface area (Å²) in [6.45, 7) is 2.90. The van der Waals surface area contributed by atoms with E-state index in [2.05, 4.69) is 30.7 Å². The molecule has 0 radical (unpaired) electrons. The van der Waals surface area contributed by atoms with Crippen molar-refractivity contribution in [3.8, 4) is 11.5 Å². The molecule has 2 aromatic rings. The average molecular weight is 254 g/mol.